The SMILES string of the molecule is COc1ccc([C@@H](CNC(=O)c2c(C)nn(Cc3ccccc3)c2Cl)N2CCCCC2)cc1. The minimum absolute atomic E-state index is 0.0959. The number of methoxy groups -OCH3 is 1. The first-order valence-corrected chi connectivity index (χ1v) is 11.9. The van der Waals surface area contributed by atoms with E-state index in [0.717, 1.165) is 24.4 Å². The molecule has 3 aromatic rings. The molecule has 1 N–H and O–H groups in total. The second kappa shape index (κ2) is 10.9. The molecule has 0 bridgehead atoms. The van der Waals surface area contributed by atoms with Crippen LogP contribution in [0.3, 0.4) is 0 Å². The maximum Gasteiger partial charge on any atom is 0.256 e. The third-order valence-electron chi connectivity index (χ3n) is 6.26. The van der Waals surface area contributed by atoms with Gasteiger partial charge in [0.05, 0.1) is 31.0 Å². The van der Waals surface area contributed by atoms with Crippen LogP contribution in [0.15, 0.2) is 54.6 Å². The fourth-order valence-corrected chi connectivity index (χ4v) is 4.78. The molecular formula is C26H31ClN4O2. The maximum atomic E-state index is 13.2. The number of hydrogen-bond donors (Lipinski definition) is 1. The van der Waals surface area contributed by atoms with Crippen LogP contribution in [-0.4, -0.2) is 47.3 Å². The van der Waals surface area contributed by atoms with Gasteiger partial charge in [-0.05, 0) is 56.1 Å². The van der Waals surface area contributed by atoms with E-state index >= 15 is 0 Å². The highest BCUT2D eigenvalue weighted by Crippen LogP contribution is 2.27. The number of nitrogens with one attached hydrogen (secondary N) is 1. The molecule has 6 nitrogen and oxygen atoms in total. The van der Waals surface area contributed by atoms with Gasteiger partial charge in [-0.25, -0.2) is 4.68 Å². The number of carbonyl (C=O) groups is 1. The van der Waals surface area contributed by atoms with E-state index in [4.69, 9.17) is 16.3 Å². The number of piperidine rings is 1. The van der Waals surface area contributed by atoms with E-state index in [1.165, 1.54) is 24.8 Å². The van der Waals surface area contributed by atoms with Crippen molar-refractivity contribution in [2.24, 2.45) is 0 Å². The molecule has 0 radical (unpaired) electrons. The van der Waals surface area contributed by atoms with Crippen LogP contribution < -0.4 is 10.1 Å². The fraction of sp³-hybridized carbons (Fsp3) is 0.385. The number of amides is 1. The molecule has 2 heterocycles. The first-order chi connectivity index (χ1) is 16.1. The first-order valence-electron chi connectivity index (χ1n) is 11.5. The zero-order valence-electron chi connectivity index (χ0n) is 19.3. The van der Waals surface area contributed by atoms with Crippen LogP contribution in [0, 0.1) is 6.92 Å². The molecule has 0 spiro atoms. The lowest BCUT2D eigenvalue weighted by molar-refractivity contribution is 0.0924. The topological polar surface area (TPSA) is 59.4 Å². The summed E-state index contributed by atoms with van der Waals surface area (Å²) in [6.45, 7) is 4.91. The molecule has 1 fully saturated rings. The van der Waals surface area contributed by atoms with E-state index in [1.807, 2.05) is 49.4 Å². The molecule has 1 atom stereocenters. The Morgan fingerprint density at radius 3 is 2.45 bits per heavy atom. The van der Waals surface area contributed by atoms with Gasteiger partial charge in [-0.1, -0.05) is 60.5 Å². The molecular weight excluding hydrogens is 436 g/mol. The number of nitrogens with zero attached hydrogens (tertiary/aromatic N) is 3. The largest absolute Gasteiger partial charge is 0.497 e. The Labute approximate surface area is 200 Å². The molecule has 174 valence electrons. The molecule has 1 saturated heterocycles. The number of hydrogen-bond acceptors (Lipinski definition) is 4. The van der Waals surface area contributed by atoms with Crippen molar-refractivity contribution < 1.29 is 9.53 Å². The monoisotopic (exact) mass is 466 g/mol. The molecule has 0 unspecified atom stereocenters. The Kier molecular flexibility index (Phi) is 7.68. The summed E-state index contributed by atoms with van der Waals surface area (Å²) in [4.78, 5) is 15.6. The van der Waals surface area contributed by atoms with Crippen molar-refractivity contribution in [3.63, 3.8) is 0 Å². The number of aryl methyl sites for hydroxylation is 1. The highest BCUT2D eigenvalue weighted by molar-refractivity contribution is 6.33. The summed E-state index contributed by atoms with van der Waals surface area (Å²) >= 11 is 6.60. The molecule has 0 aliphatic carbocycles. The smallest absolute Gasteiger partial charge is 0.256 e. The number of halogens is 1. The predicted molar refractivity (Wildman–Crippen MR) is 131 cm³/mol. The Bertz CT molecular complexity index is 1060. The Balaban J connectivity index is 1.50. The van der Waals surface area contributed by atoms with Gasteiger partial charge < -0.3 is 10.1 Å². The van der Waals surface area contributed by atoms with Gasteiger partial charge >= 0.3 is 0 Å². The van der Waals surface area contributed by atoms with E-state index < -0.39 is 0 Å². The lowest BCUT2D eigenvalue weighted by Crippen LogP contribution is -2.40. The summed E-state index contributed by atoms with van der Waals surface area (Å²) in [5, 5.41) is 8.02. The summed E-state index contributed by atoms with van der Waals surface area (Å²) in [6.07, 6.45) is 3.61. The Morgan fingerprint density at radius 1 is 1.09 bits per heavy atom. The van der Waals surface area contributed by atoms with Crippen molar-refractivity contribution in [1.29, 1.82) is 0 Å². The Morgan fingerprint density at radius 2 is 1.79 bits per heavy atom. The lowest BCUT2D eigenvalue weighted by atomic mass is 10.0. The van der Waals surface area contributed by atoms with E-state index in [-0.39, 0.29) is 11.9 Å². The number of benzene rings is 2. The Hall–Kier alpha value is -2.83. The van der Waals surface area contributed by atoms with Crippen LogP contribution in [0.5, 0.6) is 5.75 Å². The van der Waals surface area contributed by atoms with Crippen molar-refractivity contribution in [1.82, 2.24) is 20.0 Å². The molecule has 2 aromatic carbocycles. The molecule has 1 aromatic heterocycles. The van der Waals surface area contributed by atoms with Crippen molar-refractivity contribution in [2.45, 2.75) is 38.8 Å². The van der Waals surface area contributed by atoms with Gasteiger partial charge in [-0.3, -0.25) is 9.69 Å². The molecule has 1 aliphatic rings. The van der Waals surface area contributed by atoms with Gasteiger partial charge in [0.15, 0.2) is 0 Å². The molecule has 0 saturated carbocycles. The van der Waals surface area contributed by atoms with E-state index in [2.05, 4.69) is 27.4 Å². The third-order valence-corrected chi connectivity index (χ3v) is 6.64. The maximum absolute atomic E-state index is 13.2. The second-order valence-electron chi connectivity index (χ2n) is 8.49. The zero-order chi connectivity index (χ0) is 23.2. The minimum atomic E-state index is -0.188. The van der Waals surface area contributed by atoms with E-state index in [0.29, 0.717) is 29.5 Å². The van der Waals surface area contributed by atoms with Crippen molar-refractivity contribution in [3.05, 3.63) is 82.1 Å². The number of likely N-dealkylation sites (tertiary alicyclic amines) is 1. The van der Waals surface area contributed by atoms with Crippen molar-refractivity contribution >= 4 is 17.5 Å². The predicted octanol–water partition coefficient (Wildman–Crippen LogP) is 4.86. The summed E-state index contributed by atoms with van der Waals surface area (Å²) in [5.74, 6) is 0.640. The third kappa shape index (κ3) is 5.57. The second-order valence-corrected chi connectivity index (χ2v) is 8.85. The van der Waals surface area contributed by atoms with Gasteiger partial charge in [-0.15, -0.1) is 0 Å². The standard InChI is InChI=1S/C26H31ClN4O2/c1-19-24(25(27)31(29-19)18-20-9-5-3-6-10-20)26(32)28-17-23(30-15-7-4-8-16-30)21-11-13-22(33-2)14-12-21/h3,5-6,9-14,23H,4,7-8,15-18H2,1-2H3,(H,28,32)/t23-/m1/s1. The number of aromatic nitrogens is 2. The van der Waals surface area contributed by atoms with E-state index in [9.17, 15) is 4.79 Å². The number of carbonyl (C=O) groups excluding carboxylic acids is 1. The van der Waals surface area contributed by atoms with Crippen LogP contribution >= 0.6 is 11.6 Å². The van der Waals surface area contributed by atoms with Gasteiger partial charge in [0.1, 0.15) is 10.9 Å². The molecule has 33 heavy (non-hydrogen) atoms. The normalized spacial score (nSPS) is 15.2. The van der Waals surface area contributed by atoms with Gasteiger partial charge in [-0.2, -0.15) is 5.10 Å². The number of ether oxygens (including phenoxy) is 1. The fourth-order valence-electron chi connectivity index (χ4n) is 4.46. The zero-order valence-corrected chi connectivity index (χ0v) is 20.0. The minimum Gasteiger partial charge on any atom is -0.497 e. The molecule has 1 aliphatic heterocycles. The van der Waals surface area contributed by atoms with Crippen LogP contribution in [0.1, 0.15) is 52.5 Å². The molecule has 4 rings (SSSR count). The van der Waals surface area contributed by atoms with Gasteiger partial charge in [0.25, 0.3) is 5.91 Å². The highest BCUT2D eigenvalue weighted by atomic mass is 35.5. The van der Waals surface area contributed by atoms with Crippen LogP contribution in [0.25, 0.3) is 0 Å². The average Bonchev–Trinajstić information content (AvgIpc) is 3.13. The quantitative estimate of drug-likeness (QED) is 0.515. The van der Waals surface area contributed by atoms with Gasteiger partial charge in [0.2, 0.25) is 0 Å². The van der Waals surface area contributed by atoms with Crippen molar-refractivity contribution in [2.75, 3.05) is 26.7 Å². The van der Waals surface area contributed by atoms with E-state index in [1.54, 1.807) is 11.8 Å². The lowest BCUT2D eigenvalue weighted by Gasteiger charge is -2.35. The van der Waals surface area contributed by atoms with Crippen LogP contribution in [-0.2, 0) is 6.54 Å². The summed E-state index contributed by atoms with van der Waals surface area (Å²) in [6, 6.07) is 18.2. The highest BCUT2D eigenvalue weighted by Gasteiger charge is 2.25. The van der Waals surface area contributed by atoms with Crippen LogP contribution in [0.2, 0.25) is 5.15 Å². The van der Waals surface area contributed by atoms with Crippen molar-refractivity contribution in [3.8, 4) is 5.75 Å². The summed E-state index contributed by atoms with van der Waals surface area (Å²) in [7, 11) is 1.67. The number of rotatable bonds is 8. The first kappa shape index (κ1) is 23.3. The summed E-state index contributed by atoms with van der Waals surface area (Å²) in [5.41, 5.74) is 3.33. The molecule has 1 amide bonds. The average molecular weight is 467 g/mol. The van der Waals surface area contributed by atoms with Crippen LogP contribution in [0.4, 0.5) is 0 Å². The molecule has 7 heteroatoms. The summed E-state index contributed by atoms with van der Waals surface area (Å²) < 4.78 is 7.00. The van der Waals surface area contributed by atoms with Gasteiger partial charge in [0, 0.05) is 6.54 Å².